The summed E-state index contributed by atoms with van der Waals surface area (Å²) in [6, 6.07) is 8.64. The monoisotopic (exact) mass is 537 g/mol. The van der Waals surface area contributed by atoms with Gasteiger partial charge in [0.15, 0.2) is 0 Å². The fraction of sp³-hybridized carbons (Fsp3) is 0.0909. The molecule has 0 spiro atoms. The van der Waals surface area contributed by atoms with Gasteiger partial charge in [-0.25, -0.2) is 4.39 Å². The number of amides is 1. The first-order valence-corrected chi connectivity index (χ1v) is 10.5. The third-order valence-electron chi connectivity index (χ3n) is 4.77. The summed E-state index contributed by atoms with van der Waals surface area (Å²) < 4.78 is 13.3. The lowest BCUT2D eigenvalue weighted by molar-refractivity contribution is -0.384. The topological polar surface area (TPSA) is 184 Å². The van der Waals surface area contributed by atoms with Gasteiger partial charge in [0, 0.05) is 28.9 Å². The van der Waals surface area contributed by atoms with Crippen molar-refractivity contribution in [1.29, 1.82) is 0 Å². The predicted octanol–water partition coefficient (Wildman–Crippen LogP) is 5.39. The zero-order valence-electron chi connectivity index (χ0n) is 18.7. The number of nitrogens with zero attached hydrogens (tertiary/aromatic N) is 2. The molecule has 0 unspecified atom stereocenters. The Labute approximate surface area is 213 Å². The summed E-state index contributed by atoms with van der Waals surface area (Å²) in [5.74, 6) is -1.29. The number of halogens is 3. The molecule has 1 amide bonds. The molecule has 5 N–H and O–H groups in total. The summed E-state index contributed by atoms with van der Waals surface area (Å²) in [5, 5.41) is 23.0. The Bertz CT molecular complexity index is 1360. The van der Waals surface area contributed by atoms with Gasteiger partial charge in [0.25, 0.3) is 22.5 Å². The van der Waals surface area contributed by atoms with E-state index in [0.29, 0.717) is 11.1 Å². The molecule has 3 rings (SSSR count). The number of carbonyl (C=O) groups is 2. The molecule has 11 nitrogen and oxygen atoms in total. The normalized spacial score (nSPS) is 10.1. The molecule has 0 aliphatic carbocycles. The zero-order valence-corrected chi connectivity index (χ0v) is 20.2. The highest BCUT2D eigenvalue weighted by molar-refractivity contribution is 6.68. The minimum Gasteiger partial charge on any atom is -0.393 e. The van der Waals surface area contributed by atoms with Crippen molar-refractivity contribution < 1.29 is 23.8 Å². The van der Waals surface area contributed by atoms with Crippen LogP contribution in [0.25, 0.3) is 0 Å². The first kappa shape index (κ1) is 28.0. The van der Waals surface area contributed by atoms with Crippen molar-refractivity contribution >= 4 is 62.8 Å². The molecule has 3 aromatic carbocycles. The molecule has 0 aromatic heterocycles. The van der Waals surface area contributed by atoms with Crippen LogP contribution in [0.4, 0.5) is 32.8 Å². The van der Waals surface area contributed by atoms with Crippen molar-refractivity contribution in [3.05, 3.63) is 95.8 Å². The number of carbonyl (C=O) groups excluding carboxylic acids is 2. The van der Waals surface area contributed by atoms with Crippen LogP contribution in [0.1, 0.15) is 31.8 Å². The van der Waals surface area contributed by atoms with E-state index >= 15 is 0 Å². The second-order valence-corrected chi connectivity index (χ2v) is 8.07. The van der Waals surface area contributed by atoms with Crippen molar-refractivity contribution in [1.82, 2.24) is 0 Å². The van der Waals surface area contributed by atoms with E-state index in [1.54, 1.807) is 13.8 Å². The molecule has 0 bridgehead atoms. The number of nitrogen functional groups attached to an aromatic ring is 2. The van der Waals surface area contributed by atoms with Crippen molar-refractivity contribution in [3.8, 4) is 0 Å². The summed E-state index contributed by atoms with van der Waals surface area (Å²) in [4.78, 5) is 43.1. The standard InChI is InChI=1S/C14H11ClFN3O3.C8H7ClN2O3/c1-7-4-12(17)13(19(21)22)6-9(7)14(20)18-8-2-3-10(15)11(16)5-8;1-4-2-6(10)7(11(13)14)3-5(4)8(9)12/h2-6H,17H2,1H3,(H,18,20);2-3H,10H2,1H3. The molecule has 0 aliphatic rings. The highest BCUT2D eigenvalue weighted by atomic mass is 35.5. The summed E-state index contributed by atoms with van der Waals surface area (Å²) in [5.41, 5.74) is 11.6. The summed E-state index contributed by atoms with van der Waals surface area (Å²) in [6.07, 6.45) is 0. The Morgan fingerprint density at radius 1 is 0.889 bits per heavy atom. The van der Waals surface area contributed by atoms with Crippen LogP contribution >= 0.6 is 23.2 Å². The molecule has 0 heterocycles. The van der Waals surface area contributed by atoms with Gasteiger partial charge in [0.05, 0.1) is 14.9 Å². The smallest absolute Gasteiger partial charge is 0.292 e. The third-order valence-corrected chi connectivity index (χ3v) is 5.28. The highest BCUT2D eigenvalue weighted by Crippen LogP contribution is 2.27. The quantitative estimate of drug-likeness (QED) is 0.167. The molecule has 0 saturated heterocycles. The molecule has 0 aliphatic heterocycles. The minimum absolute atomic E-state index is 0.0224. The van der Waals surface area contributed by atoms with Gasteiger partial charge in [-0.3, -0.25) is 29.8 Å². The second kappa shape index (κ2) is 11.4. The number of rotatable bonds is 5. The van der Waals surface area contributed by atoms with E-state index in [9.17, 15) is 34.2 Å². The Morgan fingerprint density at radius 2 is 1.36 bits per heavy atom. The van der Waals surface area contributed by atoms with Crippen LogP contribution in [0.2, 0.25) is 5.02 Å². The van der Waals surface area contributed by atoms with Crippen LogP contribution in [-0.4, -0.2) is 21.0 Å². The SMILES string of the molecule is Cc1cc(N)c([N+](=O)[O-])cc1C(=O)Cl.Cc1cc(N)c([N+](=O)[O-])cc1C(=O)Nc1ccc(Cl)c(F)c1. The highest BCUT2D eigenvalue weighted by Gasteiger charge is 2.19. The summed E-state index contributed by atoms with van der Waals surface area (Å²) in [7, 11) is 0. The number of nitro benzene ring substituents is 2. The molecular weight excluding hydrogens is 520 g/mol. The number of nitrogens with two attached hydrogens (primary N) is 2. The van der Waals surface area contributed by atoms with Crippen molar-refractivity contribution in [2.24, 2.45) is 0 Å². The van der Waals surface area contributed by atoms with Crippen LogP contribution in [0.5, 0.6) is 0 Å². The maximum absolute atomic E-state index is 13.3. The predicted molar refractivity (Wildman–Crippen MR) is 134 cm³/mol. The average molecular weight is 538 g/mol. The first-order valence-electron chi connectivity index (χ1n) is 9.78. The molecule has 36 heavy (non-hydrogen) atoms. The Hall–Kier alpha value is -4.29. The van der Waals surface area contributed by atoms with E-state index in [1.807, 2.05) is 0 Å². The number of nitrogens with one attached hydrogen (secondary N) is 1. The van der Waals surface area contributed by atoms with Crippen LogP contribution in [0.3, 0.4) is 0 Å². The molecule has 188 valence electrons. The number of nitro groups is 2. The van der Waals surface area contributed by atoms with Crippen LogP contribution in [0, 0.1) is 39.9 Å². The van der Waals surface area contributed by atoms with Crippen molar-refractivity contribution in [2.75, 3.05) is 16.8 Å². The number of benzene rings is 3. The van der Waals surface area contributed by atoms with Crippen molar-refractivity contribution in [2.45, 2.75) is 13.8 Å². The van der Waals surface area contributed by atoms with E-state index < -0.39 is 26.8 Å². The van der Waals surface area contributed by atoms with Gasteiger partial charge in [0.2, 0.25) is 0 Å². The van der Waals surface area contributed by atoms with Gasteiger partial charge in [-0.05, 0) is 66.9 Å². The summed E-state index contributed by atoms with van der Waals surface area (Å²) >= 11 is 10.8. The molecule has 0 saturated carbocycles. The van der Waals surface area contributed by atoms with E-state index in [0.717, 1.165) is 18.2 Å². The largest absolute Gasteiger partial charge is 0.393 e. The van der Waals surface area contributed by atoms with E-state index in [1.165, 1.54) is 24.3 Å². The van der Waals surface area contributed by atoms with Gasteiger partial charge in [0.1, 0.15) is 17.2 Å². The van der Waals surface area contributed by atoms with Crippen molar-refractivity contribution in [3.63, 3.8) is 0 Å². The summed E-state index contributed by atoms with van der Waals surface area (Å²) in [6.45, 7) is 3.20. The van der Waals surface area contributed by atoms with Crippen LogP contribution in [0.15, 0.2) is 42.5 Å². The van der Waals surface area contributed by atoms with Gasteiger partial charge in [-0.2, -0.15) is 0 Å². The number of aryl methyl sites for hydroxylation is 2. The minimum atomic E-state index is -0.731. The fourth-order valence-corrected chi connectivity index (χ4v) is 3.30. The van der Waals surface area contributed by atoms with E-state index in [2.05, 4.69) is 5.32 Å². The Morgan fingerprint density at radius 3 is 1.81 bits per heavy atom. The second-order valence-electron chi connectivity index (χ2n) is 7.32. The lowest BCUT2D eigenvalue weighted by Gasteiger charge is -2.09. The molecular formula is C22H18Cl2FN5O6. The lowest BCUT2D eigenvalue weighted by Crippen LogP contribution is -2.14. The maximum atomic E-state index is 13.3. The average Bonchev–Trinajstić information content (AvgIpc) is 2.76. The van der Waals surface area contributed by atoms with Crippen LogP contribution < -0.4 is 16.8 Å². The maximum Gasteiger partial charge on any atom is 0.292 e. The molecule has 14 heteroatoms. The number of hydrogen-bond donors (Lipinski definition) is 3. The van der Waals surface area contributed by atoms with Gasteiger partial charge < -0.3 is 16.8 Å². The molecule has 0 atom stereocenters. The number of anilines is 3. The van der Waals surface area contributed by atoms with E-state index in [4.69, 9.17) is 34.7 Å². The zero-order chi connectivity index (χ0) is 27.3. The van der Waals surface area contributed by atoms with E-state index in [-0.39, 0.29) is 44.6 Å². The van der Waals surface area contributed by atoms with Gasteiger partial charge in [-0.1, -0.05) is 11.6 Å². The molecule has 0 fully saturated rings. The third kappa shape index (κ3) is 6.64. The first-order chi connectivity index (χ1) is 16.7. The van der Waals surface area contributed by atoms with Gasteiger partial charge in [-0.15, -0.1) is 0 Å². The van der Waals surface area contributed by atoms with Crippen LogP contribution in [-0.2, 0) is 0 Å². The Balaban J connectivity index is 0.000000281. The lowest BCUT2D eigenvalue weighted by atomic mass is 10.1. The number of hydrogen-bond acceptors (Lipinski definition) is 8. The Kier molecular flexibility index (Phi) is 8.87. The molecule has 0 radical (unpaired) electrons. The van der Waals surface area contributed by atoms with Gasteiger partial charge >= 0.3 is 0 Å². The molecule has 3 aromatic rings. The fourth-order valence-electron chi connectivity index (χ4n) is 2.98.